The van der Waals surface area contributed by atoms with Crippen LogP contribution in [0.25, 0.3) is 0 Å². The summed E-state index contributed by atoms with van der Waals surface area (Å²) in [4.78, 5) is 15.9. The Morgan fingerprint density at radius 1 is 1.50 bits per heavy atom. The first-order valence-corrected chi connectivity index (χ1v) is 7.79. The smallest absolute Gasteiger partial charge is 0.347 e. The fourth-order valence-electron chi connectivity index (χ4n) is 1.85. The minimum absolute atomic E-state index is 0.00583. The second kappa shape index (κ2) is 8.71. The Hall–Kier alpha value is -2.83. The predicted octanol–water partition coefficient (Wildman–Crippen LogP) is 2.98. The van der Waals surface area contributed by atoms with Gasteiger partial charge in [-0.25, -0.2) is 4.79 Å². The van der Waals surface area contributed by atoms with Crippen molar-refractivity contribution in [2.45, 2.75) is 32.8 Å². The van der Waals surface area contributed by atoms with Gasteiger partial charge in [0.05, 0.1) is 12.8 Å². The molecule has 0 fully saturated rings. The SMILES string of the molecule is CCCCOC(=O)[C@H](C)Oc1ccc(C=Nc2cn[nH]c2)c(O)c1. The molecule has 0 saturated heterocycles. The topological polar surface area (TPSA) is 96.8 Å². The highest BCUT2D eigenvalue weighted by atomic mass is 16.6. The molecule has 0 amide bonds. The molecule has 1 aromatic carbocycles. The van der Waals surface area contributed by atoms with E-state index in [-0.39, 0.29) is 5.75 Å². The molecular formula is C17H21N3O4. The van der Waals surface area contributed by atoms with E-state index < -0.39 is 12.1 Å². The summed E-state index contributed by atoms with van der Waals surface area (Å²) in [5.74, 6) is -0.0345. The van der Waals surface area contributed by atoms with Gasteiger partial charge >= 0.3 is 5.97 Å². The van der Waals surface area contributed by atoms with Crippen molar-refractivity contribution >= 4 is 17.9 Å². The van der Waals surface area contributed by atoms with Crippen LogP contribution in [-0.4, -0.2) is 40.2 Å². The Bertz CT molecular complexity index is 683. The summed E-state index contributed by atoms with van der Waals surface area (Å²) in [6.45, 7) is 4.02. The molecule has 1 atom stereocenters. The number of nitrogens with one attached hydrogen (secondary N) is 1. The minimum Gasteiger partial charge on any atom is -0.507 e. The maximum Gasteiger partial charge on any atom is 0.347 e. The van der Waals surface area contributed by atoms with E-state index in [9.17, 15) is 9.90 Å². The molecule has 128 valence electrons. The number of benzene rings is 1. The van der Waals surface area contributed by atoms with Gasteiger partial charge in [0, 0.05) is 24.0 Å². The third kappa shape index (κ3) is 5.12. The van der Waals surface area contributed by atoms with Crippen molar-refractivity contribution in [3.63, 3.8) is 0 Å². The molecule has 2 aromatic rings. The number of aromatic nitrogens is 2. The quantitative estimate of drug-likeness (QED) is 0.440. The second-order valence-electron chi connectivity index (χ2n) is 5.22. The monoisotopic (exact) mass is 331 g/mol. The van der Waals surface area contributed by atoms with Crippen LogP contribution in [0.15, 0.2) is 35.6 Å². The third-order valence-electron chi connectivity index (χ3n) is 3.23. The van der Waals surface area contributed by atoms with Gasteiger partial charge in [-0.3, -0.25) is 10.1 Å². The highest BCUT2D eigenvalue weighted by Gasteiger charge is 2.16. The largest absolute Gasteiger partial charge is 0.507 e. The van der Waals surface area contributed by atoms with E-state index in [1.54, 1.807) is 31.5 Å². The number of esters is 1. The number of aromatic hydroxyl groups is 1. The number of aromatic amines is 1. The van der Waals surface area contributed by atoms with E-state index in [0.717, 1.165) is 12.8 Å². The van der Waals surface area contributed by atoms with Gasteiger partial charge in [0.25, 0.3) is 0 Å². The number of H-pyrrole nitrogens is 1. The van der Waals surface area contributed by atoms with E-state index in [0.29, 0.717) is 23.6 Å². The van der Waals surface area contributed by atoms with Crippen LogP contribution in [0.4, 0.5) is 5.69 Å². The molecular weight excluding hydrogens is 310 g/mol. The highest BCUT2D eigenvalue weighted by Crippen LogP contribution is 2.24. The Morgan fingerprint density at radius 2 is 2.33 bits per heavy atom. The van der Waals surface area contributed by atoms with Gasteiger partial charge < -0.3 is 14.6 Å². The number of rotatable bonds is 8. The number of nitrogens with zero attached hydrogens (tertiary/aromatic N) is 2. The average Bonchev–Trinajstić information content (AvgIpc) is 3.07. The van der Waals surface area contributed by atoms with Crippen molar-refractivity contribution in [1.29, 1.82) is 0 Å². The molecule has 2 rings (SSSR count). The predicted molar refractivity (Wildman–Crippen MR) is 89.9 cm³/mol. The number of carbonyl (C=O) groups excluding carboxylic acids is 1. The van der Waals surface area contributed by atoms with Crippen LogP contribution in [0.5, 0.6) is 11.5 Å². The fourth-order valence-corrected chi connectivity index (χ4v) is 1.85. The molecule has 7 nitrogen and oxygen atoms in total. The lowest BCUT2D eigenvalue weighted by molar-refractivity contribution is -0.151. The van der Waals surface area contributed by atoms with Crippen molar-refractivity contribution in [2.75, 3.05) is 6.61 Å². The number of aliphatic imine (C=N–C) groups is 1. The zero-order valence-corrected chi connectivity index (χ0v) is 13.7. The van der Waals surface area contributed by atoms with Gasteiger partial charge in [-0.15, -0.1) is 0 Å². The molecule has 1 aromatic heterocycles. The molecule has 0 spiro atoms. The molecule has 2 N–H and O–H groups in total. The molecule has 1 heterocycles. The number of unbranched alkanes of at least 4 members (excludes halogenated alkanes) is 1. The molecule has 0 unspecified atom stereocenters. The lowest BCUT2D eigenvalue weighted by Crippen LogP contribution is -2.26. The minimum atomic E-state index is -0.744. The normalized spacial score (nSPS) is 12.2. The van der Waals surface area contributed by atoms with Crippen LogP contribution < -0.4 is 4.74 Å². The summed E-state index contributed by atoms with van der Waals surface area (Å²) >= 11 is 0. The molecule has 0 radical (unpaired) electrons. The molecule has 0 saturated carbocycles. The van der Waals surface area contributed by atoms with Crippen LogP contribution in [0.3, 0.4) is 0 Å². The van der Waals surface area contributed by atoms with Crippen LogP contribution in [-0.2, 0) is 9.53 Å². The van der Waals surface area contributed by atoms with Crippen LogP contribution in [0.2, 0.25) is 0 Å². The van der Waals surface area contributed by atoms with Gasteiger partial charge in [0.1, 0.15) is 17.2 Å². The Morgan fingerprint density at radius 3 is 3.00 bits per heavy atom. The van der Waals surface area contributed by atoms with E-state index in [1.807, 2.05) is 6.92 Å². The Balaban J connectivity index is 1.95. The maximum atomic E-state index is 11.8. The molecule has 0 aliphatic heterocycles. The lowest BCUT2D eigenvalue weighted by atomic mass is 10.2. The summed E-state index contributed by atoms with van der Waals surface area (Å²) in [5.41, 5.74) is 1.18. The first-order chi connectivity index (χ1) is 11.6. The standard InChI is InChI=1S/C17H21N3O4/c1-3-4-7-23-17(22)12(2)24-15-6-5-13(16(21)8-15)9-18-14-10-19-20-11-14/h5-6,8-12,21H,3-4,7H2,1-2H3,(H,19,20)/t12-/m0/s1. The first-order valence-electron chi connectivity index (χ1n) is 7.79. The van der Waals surface area contributed by atoms with Crippen molar-refractivity contribution in [3.05, 3.63) is 36.2 Å². The zero-order chi connectivity index (χ0) is 17.4. The average molecular weight is 331 g/mol. The van der Waals surface area contributed by atoms with Crippen molar-refractivity contribution < 1.29 is 19.4 Å². The lowest BCUT2D eigenvalue weighted by Gasteiger charge is -2.14. The number of phenols is 1. The summed E-state index contributed by atoms with van der Waals surface area (Å²) in [7, 11) is 0. The maximum absolute atomic E-state index is 11.8. The number of hydrogen-bond acceptors (Lipinski definition) is 6. The van der Waals surface area contributed by atoms with Gasteiger partial charge in [0.15, 0.2) is 6.10 Å². The Kier molecular flexibility index (Phi) is 6.36. The van der Waals surface area contributed by atoms with Crippen LogP contribution in [0.1, 0.15) is 32.3 Å². The second-order valence-corrected chi connectivity index (χ2v) is 5.22. The van der Waals surface area contributed by atoms with Gasteiger partial charge in [-0.1, -0.05) is 13.3 Å². The number of hydrogen-bond donors (Lipinski definition) is 2. The van der Waals surface area contributed by atoms with Gasteiger partial charge in [-0.05, 0) is 25.5 Å². The van der Waals surface area contributed by atoms with Crippen LogP contribution in [0, 0.1) is 0 Å². The van der Waals surface area contributed by atoms with Crippen molar-refractivity contribution in [2.24, 2.45) is 4.99 Å². The molecule has 24 heavy (non-hydrogen) atoms. The zero-order valence-electron chi connectivity index (χ0n) is 13.7. The van der Waals surface area contributed by atoms with Crippen molar-refractivity contribution in [1.82, 2.24) is 10.2 Å². The molecule has 0 aliphatic carbocycles. The summed E-state index contributed by atoms with van der Waals surface area (Å²) in [5, 5.41) is 16.5. The van der Waals surface area contributed by atoms with E-state index in [2.05, 4.69) is 15.2 Å². The fraction of sp³-hybridized carbons (Fsp3) is 0.353. The number of phenolic OH excluding ortho intramolecular Hbond substituents is 1. The number of ether oxygens (including phenoxy) is 2. The molecule has 0 aliphatic rings. The third-order valence-corrected chi connectivity index (χ3v) is 3.23. The van der Waals surface area contributed by atoms with Gasteiger partial charge in [0.2, 0.25) is 0 Å². The number of carbonyl (C=O) groups is 1. The van der Waals surface area contributed by atoms with Crippen LogP contribution >= 0.6 is 0 Å². The molecule has 0 bridgehead atoms. The highest BCUT2D eigenvalue weighted by molar-refractivity contribution is 5.85. The van der Waals surface area contributed by atoms with Gasteiger partial charge in [-0.2, -0.15) is 5.10 Å². The van der Waals surface area contributed by atoms with Crippen molar-refractivity contribution in [3.8, 4) is 11.5 Å². The van der Waals surface area contributed by atoms with E-state index in [1.165, 1.54) is 12.3 Å². The Labute approximate surface area is 140 Å². The van der Waals surface area contributed by atoms with E-state index >= 15 is 0 Å². The van der Waals surface area contributed by atoms with E-state index in [4.69, 9.17) is 9.47 Å². The molecule has 7 heteroatoms. The summed E-state index contributed by atoms with van der Waals surface area (Å²) < 4.78 is 10.6. The summed E-state index contributed by atoms with van der Waals surface area (Å²) in [6.07, 6.45) is 5.76. The summed E-state index contributed by atoms with van der Waals surface area (Å²) in [6, 6.07) is 4.75. The first kappa shape index (κ1) is 17.5.